The van der Waals surface area contributed by atoms with Gasteiger partial charge < -0.3 is 15.4 Å². The van der Waals surface area contributed by atoms with Crippen molar-refractivity contribution in [3.8, 4) is 17.0 Å². The Labute approximate surface area is 178 Å². The third-order valence-electron chi connectivity index (χ3n) is 4.54. The molecule has 2 aromatic heterocycles. The fraction of sp³-hybridized carbons (Fsp3) is 0.130. The lowest BCUT2D eigenvalue weighted by Gasteiger charge is -2.11. The maximum atomic E-state index is 12.4. The van der Waals surface area contributed by atoms with Gasteiger partial charge in [0.2, 0.25) is 11.7 Å². The second kappa shape index (κ2) is 9.08. The SMILES string of the molecule is CCOc1ccccc1C(=O)NCC(=O)Nc1ccc(-c2cn3cccnc3n2)cc1. The normalized spacial score (nSPS) is 10.6. The quantitative estimate of drug-likeness (QED) is 0.483. The van der Waals surface area contributed by atoms with Crippen LogP contribution in [0.5, 0.6) is 5.75 Å². The summed E-state index contributed by atoms with van der Waals surface area (Å²) in [6, 6.07) is 16.1. The fourth-order valence-corrected chi connectivity index (χ4v) is 3.09. The van der Waals surface area contributed by atoms with Crippen LogP contribution in [-0.2, 0) is 4.79 Å². The Kier molecular flexibility index (Phi) is 5.89. The maximum absolute atomic E-state index is 12.4. The number of hydrogen-bond donors (Lipinski definition) is 2. The van der Waals surface area contributed by atoms with E-state index in [9.17, 15) is 9.59 Å². The fourth-order valence-electron chi connectivity index (χ4n) is 3.09. The molecule has 0 radical (unpaired) electrons. The number of nitrogens with zero attached hydrogens (tertiary/aromatic N) is 3. The lowest BCUT2D eigenvalue weighted by molar-refractivity contribution is -0.115. The van der Waals surface area contributed by atoms with Gasteiger partial charge in [0.1, 0.15) is 5.75 Å². The summed E-state index contributed by atoms with van der Waals surface area (Å²) >= 11 is 0. The van der Waals surface area contributed by atoms with Crippen molar-refractivity contribution in [2.24, 2.45) is 0 Å². The number of rotatable bonds is 7. The minimum Gasteiger partial charge on any atom is -0.493 e. The van der Waals surface area contributed by atoms with E-state index in [1.807, 2.05) is 41.9 Å². The van der Waals surface area contributed by atoms with Crippen molar-refractivity contribution >= 4 is 23.3 Å². The van der Waals surface area contributed by atoms with Crippen LogP contribution in [0.15, 0.2) is 73.2 Å². The molecule has 0 aliphatic rings. The number of imidazole rings is 1. The molecule has 0 bridgehead atoms. The van der Waals surface area contributed by atoms with E-state index in [-0.39, 0.29) is 18.4 Å². The van der Waals surface area contributed by atoms with E-state index in [2.05, 4.69) is 20.6 Å². The first-order valence-corrected chi connectivity index (χ1v) is 9.84. The summed E-state index contributed by atoms with van der Waals surface area (Å²) < 4.78 is 7.30. The van der Waals surface area contributed by atoms with Gasteiger partial charge in [0.05, 0.1) is 24.4 Å². The van der Waals surface area contributed by atoms with E-state index in [4.69, 9.17) is 4.74 Å². The first-order valence-electron chi connectivity index (χ1n) is 9.84. The number of anilines is 1. The predicted octanol–water partition coefficient (Wildman–Crippen LogP) is 3.16. The van der Waals surface area contributed by atoms with E-state index < -0.39 is 0 Å². The molecule has 0 saturated carbocycles. The van der Waals surface area contributed by atoms with E-state index in [0.717, 1.165) is 11.3 Å². The number of nitrogens with one attached hydrogen (secondary N) is 2. The van der Waals surface area contributed by atoms with Gasteiger partial charge in [-0.1, -0.05) is 24.3 Å². The van der Waals surface area contributed by atoms with Gasteiger partial charge >= 0.3 is 0 Å². The van der Waals surface area contributed by atoms with Gasteiger partial charge in [0.15, 0.2) is 0 Å². The number of carbonyl (C=O) groups is 2. The van der Waals surface area contributed by atoms with Crippen molar-refractivity contribution in [3.63, 3.8) is 0 Å². The van der Waals surface area contributed by atoms with Gasteiger partial charge in [-0.15, -0.1) is 0 Å². The molecule has 0 spiro atoms. The smallest absolute Gasteiger partial charge is 0.255 e. The van der Waals surface area contributed by atoms with Crippen LogP contribution in [-0.4, -0.2) is 39.3 Å². The minimum atomic E-state index is -0.366. The lowest BCUT2D eigenvalue weighted by Crippen LogP contribution is -2.33. The largest absolute Gasteiger partial charge is 0.493 e. The summed E-state index contributed by atoms with van der Waals surface area (Å²) in [6.45, 7) is 2.14. The predicted molar refractivity (Wildman–Crippen MR) is 117 cm³/mol. The summed E-state index contributed by atoms with van der Waals surface area (Å²) in [5.74, 6) is 0.416. The lowest BCUT2D eigenvalue weighted by atomic mass is 10.1. The average molecular weight is 415 g/mol. The summed E-state index contributed by atoms with van der Waals surface area (Å²) in [4.78, 5) is 33.3. The molecule has 4 aromatic rings. The molecule has 0 unspecified atom stereocenters. The monoisotopic (exact) mass is 415 g/mol. The Morgan fingerprint density at radius 1 is 1.06 bits per heavy atom. The van der Waals surface area contributed by atoms with Gasteiger partial charge in [-0.25, -0.2) is 9.97 Å². The molecule has 0 saturated heterocycles. The van der Waals surface area contributed by atoms with Crippen LogP contribution >= 0.6 is 0 Å². The summed E-state index contributed by atoms with van der Waals surface area (Å²) in [5.41, 5.74) is 2.71. The number of aromatic nitrogens is 3. The van der Waals surface area contributed by atoms with Crippen LogP contribution in [0.25, 0.3) is 17.0 Å². The number of hydrogen-bond acceptors (Lipinski definition) is 5. The molecule has 31 heavy (non-hydrogen) atoms. The molecule has 4 rings (SSSR count). The third kappa shape index (κ3) is 4.69. The minimum absolute atomic E-state index is 0.154. The van der Waals surface area contributed by atoms with E-state index in [0.29, 0.717) is 29.4 Å². The van der Waals surface area contributed by atoms with Gasteiger partial charge in [-0.3, -0.25) is 14.0 Å². The molecular formula is C23H21N5O3. The average Bonchev–Trinajstić information content (AvgIpc) is 3.23. The van der Waals surface area contributed by atoms with Crippen LogP contribution in [0, 0.1) is 0 Å². The number of carbonyl (C=O) groups excluding carboxylic acids is 2. The molecule has 2 heterocycles. The topological polar surface area (TPSA) is 97.6 Å². The molecule has 0 aliphatic heterocycles. The Morgan fingerprint density at radius 3 is 2.65 bits per heavy atom. The van der Waals surface area contributed by atoms with Crippen LogP contribution in [0.4, 0.5) is 5.69 Å². The third-order valence-corrected chi connectivity index (χ3v) is 4.54. The molecule has 8 heteroatoms. The van der Waals surface area contributed by atoms with Gasteiger partial charge in [0.25, 0.3) is 5.91 Å². The summed E-state index contributed by atoms with van der Waals surface area (Å²) in [6.07, 6.45) is 5.47. The van der Waals surface area contributed by atoms with Crippen molar-refractivity contribution in [2.45, 2.75) is 6.92 Å². The van der Waals surface area contributed by atoms with Crippen molar-refractivity contribution in [2.75, 3.05) is 18.5 Å². The number of para-hydroxylation sites is 1. The molecule has 0 aliphatic carbocycles. The molecule has 2 amide bonds. The van der Waals surface area contributed by atoms with Gasteiger partial charge in [0, 0.05) is 29.8 Å². The molecular weight excluding hydrogens is 394 g/mol. The summed E-state index contributed by atoms with van der Waals surface area (Å²) in [5, 5.41) is 5.39. The van der Waals surface area contributed by atoms with Gasteiger partial charge in [-0.2, -0.15) is 0 Å². The first kappa shape index (κ1) is 20.1. The number of ether oxygens (including phenoxy) is 1. The van der Waals surface area contributed by atoms with Crippen LogP contribution in [0.1, 0.15) is 17.3 Å². The zero-order valence-electron chi connectivity index (χ0n) is 16.9. The highest BCUT2D eigenvalue weighted by Crippen LogP contribution is 2.21. The van der Waals surface area contributed by atoms with Crippen molar-refractivity contribution in [3.05, 3.63) is 78.8 Å². The van der Waals surface area contributed by atoms with E-state index in [1.165, 1.54) is 0 Å². The molecule has 0 atom stereocenters. The summed E-state index contributed by atoms with van der Waals surface area (Å²) in [7, 11) is 0. The van der Waals surface area contributed by atoms with Crippen LogP contribution in [0.2, 0.25) is 0 Å². The van der Waals surface area contributed by atoms with Crippen LogP contribution in [0.3, 0.4) is 0 Å². The van der Waals surface area contributed by atoms with Crippen molar-refractivity contribution in [1.29, 1.82) is 0 Å². The Hall–Kier alpha value is -4.20. The van der Waals surface area contributed by atoms with Crippen molar-refractivity contribution in [1.82, 2.24) is 19.7 Å². The van der Waals surface area contributed by atoms with E-state index >= 15 is 0 Å². The number of fused-ring (bicyclic) bond motifs is 1. The molecule has 2 aromatic carbocycles. The Morgan fingerprint density at radius 2 is 1.87 bits per heavy atom. The highest BCUT2D eigenvalue weighted by atomic mass is 16.5. The second-order valence-corrected chi connectivity index (χ2v) is 6.69. The van der Waals surface area contributed by atoms with Gasteiger partial charge in [-0.05, 0) is 37.3 Å². The first-order chi connectivity index (χ1) is 15.1. The van der Waals surface area contributed by atoms with Crippen molar-refractivity contribution < 1.29 is 14.3 Å². The molecule has 156 valence electrons. The molecule has 2 N–H and O–H groups in total. The second-order valence-electron chi connectivity index (χ2n) is 6.69. The maximum Gasteiger partial charge on any atom is 0.255 e. The Balaban J connectivity index is 1.35. The zero-order valence-corrected chi connectivity index (χ0v) is 16.9. The zero-order chi connectivity index (χ0) is 21.6. The van der Waals surface area contributed by atoms with Crippen LogP contribution < -0.4 is 15.4 Å². The number of amides is 2. The molecule has 0 fully saturated rings. The molecule has 8 nitrogen and oxygen atoms in total. The highest BCUT2D eigenvalue weighted by molar-refractivity contribution is 6.00. The van der Waals surface area contributed by atoms with E-state index in [1.54, 1.807) is 42.6 Å². The standard InChI is InChI=1S/C23H21N5O3/c1-2-31-20-7-4-3-6-18(20)22(30)25-14-21(29)26-17-10-8-16(9-11-17)19-15-28-13-5-12-24-23(28)27-19/h3-13,15H,2,14H2,1H3,(H,25,30)(H,26,29). The highest BCUT2D eigenvalue weighted by Gasteiger charge is 2.13. The Bertz CT molecular complexity index is 1180. The number of benzene rings is 2.